The molecule has 0 saturated carbocycles. The number of hydrogen-bond acceptors (Lipinski definition) is 3. The third-order valence-corrected chi connectivity index (χ3v) is 3.49. The molecule has 0 spiro atoms. The van der Waals surface area contributed by atoms with E-state index in [1.807, 2.05) is 30.3 Å². The van der Waals surface area contributed by atoms with Gasteiger partial charge in [-0.3, -0.25) is 4.98 Å². The smallest absolute Gasteiger partial charge is 0.387 e. The molecule has 0 radical (unpaired) electrons. The zero-order valence-electron chi connectivity index (χ0n) is 13.1. The molecule has 2 amide bonds. The summed E-state index contributed by atoms with van der Waals surface area (Å²) in [7, 11) is 0. The second-order valence-electron chi connectivity index (χ2n) is 5.18. The second kappa shape index (κ2) is 7.57. The van der Waals surface area contributed by atoms with Crippen LogP contribution in [0.25, 0.3) is 10.9 Å². The molecule has 0 aliphatic heterocycles. The summed E-state index contributed by atoms with van der Waals surface area (Å²) in [4.78, 5) is 16.2. The highest BCUT2D eigenvalue weighted by molar-refractivity contribution is 6.02. The molecule has 128 valence electrons. The van der Waals surface area contributed by atoms with Crippen LogP contribution in [0.3, 0.4) is 0 Å². The zero-order chi connectivity index (χ0) is 17.6. The number of amides is 2. The van der Waals surface area contributed by atoms with Gasteiger partial charge in [-0.15, -0.1) is 0 Å². The normalized spacial score (nSPS) is 10.7. The van der Waals surface area contributed by atoms with Gasteiger partial charge in [-0.2, -0.15) is 8.78 Å². The number of alkyl halides is 2. The summed E-state index contributed by atoms with van der Waals surface area (Å²) in [5.41, 5.74) is 1.67. The van der Waals surface area contributed by atoms with E-state index in [0.29, 0.717) is 17.6 Å². The van der Waals surface area contributed by atoms with E-state index >= 15 is 0 Å². The maximum absolute atomic E-state index is 12.5. The average molecular weight is 343 g/mol. The minimum absolute atomic E-state index is 0.0409. The van der Waals surface area contributed by atoms with Crippen LogP contribution in [0.5, 0.6) is 5.75 Å². The van der Waals surface area contributed by atoms with Crippen LogP contribution in [0.4, 0.5) is 19.3 Å². The second-order valence-corrected chi connectivity index (χ2v) is 5.18. The molecule has 0 unspecified atom stereocenters. The fourth-order valence-electron chi connectivity index (χ4n) is 2.39. The molecule has 25 heavy (non-hydrogen) atoms. The van der Waals surface area contributed by atoms with E-state index < -0.39 is 12.6 Å². The molecule has 0 aliphatic rings. The lowest BCUT2D eigenvalue weighted by atomic mass is 10.1. The van der Waals surface area contributed by atoms with E-state index in [2.05, 4.69) is 20.4 Å². The monoisotopic (exact) mass is 343 g/mol. The molecule has 0 saturated heterocycles. The van der Waals surface area contributed by atoms with E-state index in [0.717, 1.165) is 5.56 Å². The predicted octanol–water partition coefficient (Wildman–Crippen LogP) is 4.16. The number of rotatable bonds is 5. The van der Waals surface area contributed by atoms with Crippen LogP contribution < -0.4 is 15.4 Å². The van der Waals surface area contributed by atoms with E-state index in [-0.39, 0.29) is 11.3 Å². The summed E-state index contributed by atoms with van der Waals surface area (Å²) in [6.45, 7) is -2.58. The first-order valence-corrected chi connectivity index (χ1v) is 7.55. The van der Waals surface area contributed by atoms with Gasteiger partial charge in [0.2, 0.25) is 0 Å². The van der Waals surface area contributed by atoms with Crippen LogP contribution in [-0.4, -0.2) is 17.6 Å². The topological polar surface area (TPSA) is 63.2 Å². The quantitative estimate of drug-likeness (QED) is 0.731. The van der Waals surface area contributed by atoms with Crippen LogP contribution >= 0.6 is 0 Å². The first-order chi connectivity index (χ1) is 12.1. The van der Waals surface area contributed by atoms with Crippen molar-refractivity contribution < 1.29 is 18.3 Å². The highest BCUT2D eigenvalue weighted by Gasteiger charge is 2.13. The van der Waals surface area contributed by atoms with Crippen molar-refractivity contribution in [3.05, 3.63) is 66.4 Å². The van der Waals surface area contributed by atoms with Crippen LogP contribution in [0.1, 0.15) is 5.56 Å². The molecular weight excluding hydrogens is 328 g/mol. The van der Waals surface area contributed by atoms with E-state index in [4.69, 9.17) is 0 Å². The van der Waals surface area contributed by atoms with Crippen LogP contribution in [-0.2, 0) is 6.54 Å². The van der Waals surface area contributed by atoms with Crippen LogP contribution in [0.2, 0.25) is 0 Å². The molecule has 1 aromatic heterocycles. The van der Waals surface area contributed by atoms with Gasteiger partial charge in [0.15, 0.2) is 5.75 Å². The highest BCUT2D eigenvalue weighted by atomic mass is 19.3. The van der Waals surface area contributed by atoms with Gasteiger partial charge in [0.1, 0.15) is 5.52 Å². The number of fused-ring (bicyclic) bond motifs is 1. The van der Waals surface area contributed by atoms with E-state index in [9.17, 15) is 13.6 Å². The summed E-state index contributed by atoms with van der Waals surface area (Å²) in [6.07, 6.45) is 1.47. The van der Waals surface area contributed by atoms with Gasteiger partial charge in [-0.25, -0.2) is 4.79 Å². The summed E-state index contributed by atoms with van der Waals surface area (Å²) in [6, 6.07) is 15.2. The Morgan fingerprint density at radius 1 is 1.08 bits per heavy atom. The molecule has 5 nitrogen and oxygen atoms in total. The summed E-state index contributed by atoms with van der Waals surface area (Å²) in [5.74, 6) is -0.0409. The molecule has 2 aromatic carbocycles. The molecular formula is C18H15F2N3O2. The summed E-state index contributed by atoms with van der Waals surface area (Å²) >= 11 is 0. The molecule has 0 fully saturated rings. The fraction of sp³-hybridized carbons (Fsp3) is 0.111. The number of pyridine rings is 1. The fourth-order valence-corrected chi connectivity index (χ4v) is 2.39. The SMILES string of the molecule is O=C(NCc1ccccc1)Nc1ccc(OC(F)F)c2ncccc12. The molecule has 0 aliphatic carbocycles. The van der Waals surface area contributed by atoms with Gasteiger partial charge in [-0.05, 0) is 29.8 Å². The largest absolute Gasteiger partial charge is 0.432 e. The van der Waals surface area contributed by atoms with Gasteiger partial charge in [0, 0.05) is 18.1 Å². The third-order valence-electron chi connectivity index (χ3n) is 3.49. The number of carbonyl (C=O) groups excluding carboxylic acids is 1. The Bertz CT molecular complexity index is 873. The third kappa shape index (κ3) is 4.20. The number of aromatic nitrogens is 1. The molecule has 3 rings (SSSR count). The number of carbonyl (C=O) groups is 1. The number of ether oxygens (including phenoxy) is 1. The lowest BCUT2D eigenvalue weighted by molar-refractivity contribution is -0.0489. The molecule has 0 atom stereocenters. The number of nitrogens with zero attached hydrogens (tertiary/aromatic N) is 1. The molecule has 1 heterocycles. The Kier molecular flexibility index (Phi) is 5.03. The van der Waals surface area contributed by atoms with Crippen molar-refractivity contribution in [2.24, 2.45) is 0 Å². The number of anilines is 1. The Labute approximate surface area is 142 Å². The molecule has 3 aromatic rings. The maximum atomic E-state index is 12.5. The highest BCUT2D eigenvalue weighted by Crippen LogP contribution is 2.30. The van der Waals surface area contributed by atoms with Crippen molar-refractivity contribution in [2.45, 2.75) is 13.2 Å². The minimum atomic E-state index is -2.95. The number of halogens is 2. The van der Waals surface area contributed by atoms with Crippen molar-refractivity contribution in [2.75, 3.05) is 5.32 Å². The van der Waals surface area contributed by atoms with Crippen molar-refractivity contribution in [1.82, 2.24) is 10.3 Å². The molecule has 2 N–H and O–H groups in total. The molecule has 7 heteroatoms. The lowest BCUT2D eigenvalue weighted by Gasteiger charge is -2.12. The van der Waals surface area contributed by atoms with Gasteiger partial charge in [-0.1, -0.05) is 30.3 Å². The van der Waals surface area contributed by atoms with E-state index in [1.54, 1.807) is 12.1 Å². The van der Waals surface area contributed by atoms with Crippen molar-refractivity contribution >= 4 is 22.6 Å². The zero-order valence-corrected chi connectivity index (χ0v) is 13.1. The predicted molar refractivity (Wildman–Crippen MR) is 90.7 cm³/mol. The first kappa shape index (κ1) is 16.6. The Morgan fingerprint density at radius 3 is 2.64 bits per heavy atom. The maximum Gasteiger partial charge on any atom is 0.387 e. The van der Waals surface area contributed by atoms with Crippen molar-refractivity contribution in [1.29, 1.82) is 0 Å². The van der Waals surface area contributed by atoms with Gasteiger partial charge in [0.25, 0.3) is 0 Å². The van der Waals surface area contributed by atoms with Crippen LogP contribution in [0, 0.1) is 0 Å². The number of nitrogens with one attached hydrogen (secondary N) is 2. The molecule has 0 bridgehead atoms. The van der Waals surface area contributed by atoms with Gasteiger partial charge < -0.3 is 15.4 Å². The van der Waals surface area contributed by atoms with E-state index in [1.165, 1.54) is 18.3 Å². The Morgan fingerprint density at radius 2 is 1.88 bits per heavy atom. The van der Waals surface area contributed by atoms with Gasteiger partial charge in [0.05, 0.1) is 5.69 Å². The lowest BCUT2D eigenvalue weighted by Crippen LogP contribution is -2.28. The Balaban J connectivity index is 1.76. The number of benzene rings is 2. The number of urea groups is 1. The summed E-state index contributed by atoms with van der Waals surface area (Å²) < 4.78 is 29.5. The Hall–Kier alpha value is -3.22. The van der Waals surface area contributed by atoms with Crippen molar-refractivity contribution in [3.8, 4) is 5.75 Å². The van der Waals surface area contributed by atoms with Gasteiger partial charge >= 0.3 is 12.6 Å². The average Bonchev–Trinajstić information content (AvgIpc) is 2.62. The summed E-state index contributed by atoms with van der Waals surface area (Å²) in [5, 5.41) is 5.95. The first-order valence-electron chi connectivity index (χ1n) is 7.55. The van der Waals surface area contributed by atoms with Crippen molar-refractivity contribution in [3.63, 3.8) is 0 Å². The minimum Gasteiger partial charge on any atom is -0.432 e. The van der Waals surface area contributed by atoms with Crippen LogP contribution in [0.15, 0.2) is 60.8 Å². The standard InChI is InChI=1S/C18H15F2N3O2/c19-17(20)25-15-9-8-14(13-7-4-10-21-16(13)15)23-18(24)22-11-12-5-2-1-3-6-12/h1-10,17H,11H2,(H2,22,23,24). The number of hydrogen-bond donors (Lipinski definition) is 2.